The quantitative estimate of drug-likeness (QED) is 0.716. The molecule has 1 atom stereocenters. The van der Waals surface area contributed by atoms with E-state index in [2.05, 4.69) is 11.4 Å². The highest BCUT2D eigenvalue weighted by atomic mass is 16.2. The molecule has 4 nitrogen and oxygen atoms in total. The van der Waals surface area contributed by atoms with Crippen LogP contribution in [0.25, 0.3) is 0 Å². The number of hydrogen-bond donors (Lipinski definition) is 2. The third-order valence-electron chi connectivity index (χ3n) is 2.28. The molecule has 0 spiro atoms. The number of rotatable bonds is 5. The molecule has 0 rings (SSSR count). The molecule has 0 aromatic rings. The van der Waals surface area contributed by atoms with Gasteiger partial charge < -0.3 is 11.1 Å². The van der Waals surface area contributed by atoms with Crippen LogP contribution in [0.3, 0.4) is 0 Å². The van der Waals surface area contributed by atoms with E-state index in [1.807, 2.05) is 6.92 Å². The van der Waals surface area contributed by atoms with Gasteiger partial charge in [0.1, 0.15) is 0 Å². The van der Waals surface area contributed by atoms with Crippen LogP contribution in [0.1, 0.15) is 40.5 Å². The minimum atomic E-state index is -0.833. The van der Waals surface area contributed by atoms with Gasteiger partial charge in [0.2, 0.25) is 5.91 Å². The molecule has 1 unspecified atom stereocenters. The fourth-order valence-electron chi connectivity index (χ4n) is 1.18. The summed E-state index contributed by atoms with van der Waals surface area (Å²) in [6, 6.07) is 2.12. The molecule has 1 amide bonds. The van der Waals surface area contributed by atoms with Crippen LogP contribution < -0.4 is 11.1 Å². The number of carbonyl (C=O) groups is 1. The van der Waals surface area contributed by atoms with Crippen molar-refractivity contribution in [3.8, 4) is 6.07 Å². The monoisotopic (exact) mass is 211 g/mol. The standard InChI is InChI=1S/C11H21N3O/c1-5-6-11(4,13)9(15)14-8-10(2,3)7-12/h5-6,8,13H2,1-4H3,(H,14,15). The number of nitrogens with one attached hydrogen (secondary N) is 1. The summed E-state index contributed by atoms with van der Waals surface area (Å²) in [6.45, 7) is 7.59. The van der Waals surface area contributed by atoms with Crippen LogP contribution in [0, 0.1) is 16.7 Å². The Kier molecular flexibility index (Phi) is 4.76. The van der Waals surface area contributed by atoms with Crippen molar-refractivity contribution >= 4 is 5.91 Å². The van der Waals surface area contributed by atoms with Crippen molar-refractivity contribution < 1.29 is 4.79 Å². The fraction of sp³-hybridized carbons (Fsp3) is 0.818. The van der Waals surface area contributed by atoms with Gasteiger partial charge in [-0.3, -0.25) is 4.79 Å². The predicted octanol–water partition coefficient (Wildman–Crippen LogP) is 1.17. The highest BCUT2D eigenvalue weighted by Gasteiger charge is 2.28. The van der Waals surface area contributed by atoms with Gasteiger partial charge in [-0.15, -0.1) is 0 Å². The lowest BCUT2D eigenvalue weighted by molar-refractivity contribution is -0.126. The SMILES string of the molecule is CCCC(C)(N)C(=O)NCC(C)(C)C#N. The molecule has 0 aliphatic rings. The molecular formula is C11H21N3O. The van der Waals surface area contributed by atoms with Crippen LogP contribution in [0.2, 0.25) is 0 Å². The Morgan fingerprint density at radius 1 is 1.47 bits per heavy atom. The van der Waals surface area contributed by atoms with Crippen LogP contribution in [-0.4, -0.2) is 18.0 Å². The Labute approximate surface area is 91.8 Å². The van der Waals surface area contributed by atoms with Crippen molar-refractivity contribution in [3.63, 3.8) is 0 Å². The van der Waals surface area contributed by atoms with E-state index in [1.54, 1.807) is 20.8 Å². The predicted molar refractivity (Wildman–Crippen MR) is 59.9 cm³/mol. The Bertz CT molecular complexity index is 263. The van der Waals surface area contributed by atoms with Crippen LogP contribution >= 0.6 is 0 Å². The van der Waals surface area contributed by atoms with Crippen LogP contribution in [0.5, 0.6) is 0 Å². The summed E-state index contributed by atoms with van der Waals surface area (Å²) in [5, 5.41) is 11.5. The molecular weight excluding hydrogens is 190 g/mol. The molecule has 0 aromatic heterocycles. The molecule has 0 saturated heterocycles. The van der Waals surface area contributed by atoms with Gasteiger partial charge in [0, 0.05) is 6.54 Å². The molecule has 3 N–H and O–H groups in total. The first kappa shape index (κ1) is 13.9. The smallest absolute Gasteiger partial charge is 0.239 e. The van der Waals surface area contributed by atoms with Crippen molar-refractivity contribution in [1.29, 1.82) is 5.26 Å². The van der Waals surface area contributed by atoms with Crippen molar-refractivity contribution in [2.75, 3.05) is 6.54 Å². The number of carbonyl (C=O) groups excluding carboxylic acids is 1. The Hall–Kier alpha value is -1.08. The van der Waals surface area contributed by atoms with Crippen molar-refractivity contribution in [2.24, 2.45) is 11.1 Å². The van der Waals surface area contributed by atoms with Gasteiger partial charge in [0.25, 0.3) is 0 Å². The minimum absolute atomic E-state index is 0.187. The zero-order valence-electron chi connectivity index (χ0n) is 10.1. The first-order valence-corrected chi connectivity index (χ1v) is 5.23. The number of nitriles is 1. The first-order valence-electron chi connectivity index (χ1n) is 5.23. The van der Waals surface area contributed by atoms with Crippen molar-refractivity contribution in [2.45, 2.75) is 46.1 Å². The average Bonchev–Trinajstić information content (AvgIpc) is 2.14. The summed E-state index contributed by atoms with van der Waals surface area (Å²) in [4.78, 5) is 11.7. The maximum Gasteiger partial charge on any atom is 0.239 e. The molecule has 0 radical (unpaired) electrons. The summed E-state index contributed by atoms with van der Waals surface area (Å²) >= 11 is 0. The lowest BCUT2D eigenvalue weighted by atomic mass is 9.93. The first-order chi connectivity index (χ1) is 6.75. The molecule has 86 valence electrons. The molecule has 15 heavy (non-hydrogen) atoms. The normalized spacial score (nSPS) is 15.2. The van der Waals surface area contributed by atoms with Crippen LogP contribution in [-0.2, 0) is 4.79 Å². The van der Waals surface area contributed by atoms with Crippen molar-refractivity contribution in [3.05, 3.63) is 0 Å². The number of nitrogens with zero attached hydrogens (tertiary/aromatic N) is 1. The van der Waals surface area contributed by atoms with E-state index >= 15 is 0 Å². The summed E-state index contributed by atoms with van der Waals surface area (Å²) in [5.41, 5.74) is 4.47. The minimum Gasteiger partial charge on any atom is -0.353 e. The zero-order chi connectivity index (χ0) is 12.1. The second-order valence-corrected chi connectivity index (χ2v) is 4.85. The lowest BCUT2D eigenvalue weighted by Crippen LogP contribution is -2.53. The molecule has 0 aromatic carbocycles. The summed E-state index contributed by atoms with van der Waals surface area (Å²) in [7, 11) is 0. The van der Waals surface area contributed by atoms with Gasteiger partial charge in [-0.2, -0.15) is 5.26 Å². The second-order valence-electron chi connectivity index (χ2n) is 4.85. The zero-order valence-corrected chi connectivity index (χ0v) is 10.1. The van der Waals surface area contributed by atoms with Crippen LogP contribution in [0.15, 0.2) is 0 Å². The van der Waals surface area contributed by atoms with Crippen molar-refractivity contribution in [1.82, 2.24) is 5.32 Å². The van der Waals surface area contributed by atoms with Gasteiger partial charge in [-0.1, -0.05) is 13.3 Å². The molecule has 0 heterocycles. The molecule has 0 fully saturated rings. The van der Waals surface area contributed by atoms with E-state index in [0.29, 0.717) is 13.0 Å². The lowest BCUT2D eigenvalue weighted by Gasteiger charge is -2.25. The van der Waals surface area contributed by atoms with E-state index in [1.165, 1.54) is 0 Å². The highest BCUT2D eigenvalue weighted by Crippen LogP contribution is 2.13. The van der Waals surface area contributed by atoms with Crippen LogP contribution in [0.4, 0.5) is 0 Å². The number of nitrogens with two attached hydrogens (primary N) is 1. The molecule has 0 aliphatic carbocycles. The van der Waals surface area contributed by atoms with Gasteiger partial charge in [0.05, 0.1) is 17.0 Å². The molecule has 0 aliphatic heterocycles. The molecule has 0 saturated carbocycles. The van der Waals surface area contributed by atoms with Gasteiger partial charge >= 0.3 is 0 Å². The maximum atomic E-state index is 11.7. The van der Waals surface area contributed by atoms with E-state index in [0.717, 1.165) is 6.42 Å². The van der Waals surface area contributed by atoms with Gasteiger partial charge in [-0.05, 0) is 27.2 Å². The van der Waals surface area contributed by atoms with Gasteiger partial charge in [0.15, 0.2) is 0 Å². The Morgan fingerprint density at radius 3 is 2.40 bits per heavy atom. The second kappa shape index (κ2) is 5.13. The van der Waals surface area contributed by atoms with E-state index < -0.39 is 11.0 Å². The number of hydrogen-bond acceptors (Lipinski definition) is 3. The van der Waals surface area contributed by atoms with E-state index in [-0.39, 0.29) is 5.91 Å². The van der Waals surface area contributed by atoms with E-state index in [9.17, 15) is 4.79 Å². The molecule has 0 bridgehead atoms. The summed E-state index contributed by atoms with van der Waals surface area (Å²) in [6.07, 6.45) is 1.51. The maximum absolute atomic E-state index is 11.7. The third-order valence-corrected chi connectivity index (χ3v) is 2.28. The fourth-order valence-corrected chi connectivity index (χ4v) is 1.18. The summed E-state index contributed by atoms with van der Waals surface area (Å²) in [5.74, 6) is -0.187. The van der Waals surface area contributed by atoms with Gasteiger partial charge in [-0.25, -0.2) is 0 Å². The highest BCUT2D eigenvalue weighted by molar-refractivity contribution is 5.85. The average molecular weight is 211 g/mol. The third kappa shape index (κ3) is 4.80. The number of amides is 1. The summed E-state index contributed by atoms with van der Waals surface area (Å²) < 4.78 is 0. The Morgan fingerprint density at radius 2 is 2.00 bits per heavy atom. The molecule has 4 heteroatoms. The van der Waals surface area contributed by atoms with E-state index in [4.69, 9.17) is 11.0 Å². The Balaban J connectivity index is 4.22. The topological polar surface area (TPSA) is 78.9 Å². The largest absolute Gasteiger partial charge is 0.353 e.